The summed E-state index contributed by atoms with van der Waals surface area (Å²) in [6, 6.07) is 9.52. The molecule has 1 amide bonds. The lowest BCUT2D eigenvalue weighted by Gasteiger charge is -2.29. The van der Waals surface area contributed by atoms with E-state index >= 15 is 0 Å². The van der Waals surface area contributed by atoms with Crippen LogP contribution in [0.3, 0.4) is 0 Å². The second-order valence-corrected chi connectivity index (χ2v) is 7.52. The van der Waals surface area contributed by atoms with E-state index in [2.05, 4.69) is 10.3 Å². The van der Waals surface area contributed by atoms with Gasteiger partial charge < -0.3 is 15.0 Å². The van der Waals surface area contributed by atoms with Crippen molar-refractivity contribution >= 4 is 11.9 Å². The number of nitrogens with one attached hydrogen (secondary N) is 1. The summed E-state index contributed by atoms with van der Waals surface area (Å²) in [5.74, 6) is -0.704. The summed E-state index contributed by atoms with van der Waals surface area (Å²) in [5.41, 5.74) is 1.38. The van der Waals surface area contributed by atoms with Crippen molar-refractivity contribution in [3.63, 3.8) is 0 Å². The first kappa shape index (κ1) is 19.0. The largest absolute Gasteiger partial charge is 0.456 e. The fourth-order valence-corrected chi connectivity index (χ4v) is 3.04. The average molecular weight is 367 g/mol. The Morgan fingerprint density at radius 3 is 2.37 bits per heavy atom. The van der Waals surface area contributed by atoms with E-state index in [-0.39, 0.29) is 11.5 Å². The van der Waals surface area contributed by atoms with Gasteiger partial charge in [-0.15, -0.1) is 0 Å². The van der Waals surface area contributed by atoms with Gasteiger partial charge in [0, 0.05) is 44.1 Å². The molecule has 0 unspecified atom stereocenters. The van der Waals surface area contributed by atoms with Gasteiger partial charge >= 0.3 is 5.97 Å². The molecule has 6 nitrogen and oxygen atoms in total. The van der Waals surface area contributed by atoms with Crippen molar-refractivity contribution in [2.24, 2.45) is 0 Å². The van der Waals surface area contributed by atoms with E-state index in [1.807, 2.05) is 30.3 Å². The molecule has 142 valence electrons. The van der Waals surface area contributed by atoms with Gasteiger partial charge in [0.15, 0.2) is 0 Å². The lowest BCUT2D eigenvalue weighted by atomic mass is 9.96. The highest BCUT2D eigenvalue weighted by atomic mass is 16.6. The van der Waals surface area contributed by atoms with Crippen LogP contribution in [0, 0.1) is 0 Å². The highest BCUT2D eigenvalue weighted by Gasteiger charge is 2.29. The molecule has 1 N–H and O–H groups in total. The monoisotopic (exact) mass is 367 g/mol. The lowest BCUT2D eigenvalue weighted by Crippen LogP contribution is -2.47. The fourth-order valence-electron chi connectivity index (χ4n) is 3.04. The number of rotatable bonds is 3. The minimum Gasteiger partial charge on any atom is -0.456 e. The van der Waals surface area contributed by atoms with Crippen molar-refractivity contribution in [2.45, 2.75) is 26.4 Å². The zero-order chi connectivity index (χ0) is 19.4. The third-order valence-electron chi connectivity index (χ3n) is 4.27. The number of hydrogen-bond acceptors (Lipinski definition) is 5. The summed E-state index contributed by atoms with van der Waals surface area (Å²) < 4.78 is 5.53. The molecule has 1 aromatic heterocycles. The molecule has 2 heterocycles. The van der Waals surface area contributed by atoms with Crippen molar-refractivity contribution in [2.75, 3.05) is 26.2 Å². The van der Waals surface area contributed by atoms with Gasteiger partial charge in [0.25, 0.3) is 5.91 Å². The number of nitrogens with zero attached hydrogens (tertiary/aromatic N) is 2. The maximum absolute atomic E-state index is 13.3. The van der Waals surface area contributed by atoms with Crippen LogP contribution in [0.15, 0.2) is 42.7 Å². The molecular weight excluding hydrogens is 342 g/mol. The van der Waals surface area contributed by atoms with Crippen LogP contribution in [0.2, 0.25) is 0 Å². The van der Waals surface area contributed by atoms with E-state index < -0.39 is 11.6 Å². The van der Waals surface area contributed by atoms with Crippen molar-refractivity contribution < 1.29 is 14.3 Å². The average Bonchev–Trinajstić information content (AvgIpc) is 2.67. The number of benzene rings is 1. The third kappa shape index (κ3) is 4.52. The molecule has 0 bridgehead atoms. The van der Waals surface area contributed by atoms with Gasteiger partial charge in [-0.25, -0.2) is 4.79 Å². The van der Waals surface area contributed by atoms with Gasteiger partial charge in [0.1, 0.15) is 5.60 Å². The Balaban J connectivity index is 2.10. The number of aromatic nitrogens is 1. The minimum atomic E-state index is -0.658. The number of esters is 1. The van der Waals surface area contributed by atoms with E-state index in [0.29, 0.717) is 24.2 Å². The van der Waals surface area contributed by atoms with Gasteiger partial charge in [-0.05, 0) is 26.3 Å². The molecule has 3 rings (SSSR count). The molecule has 1 aliphatic heterocycles. The van der Waals surface area contributed by atoms with Crippen LogP contribution >= 0.6 is 0 Å². The summed E-state index contributed by atoms with van der Waals surface area (Å²) >= 11 is 0. The Morgan fingerprint density at radius 2 is 1.74 bits per heavy atom. The predicted molar refractivity (Wildman–Crippen MR) is 104 cm³/mol. The first-order valence-electron chi connectivity index (χ1n) is 9.13. The SMILES string of the molecule is CC(C)(C)OC(=O)c1cncc(-c2ccccc2)c1C(=O)N1CCNCC1. The van der Waals surface area contributed by atoms with E-state index in [9.17, 15) is 9.59 Å². The molecule has 0 radical (unpaired) electrons. The van der Waals surface area contributed by atoms with Crippen LogP contribution in [-0.4, -0.2) is 53.5 Å². The maximum Gasteiger partial charge on any atom is 0.341 e. The summed E-state index contributed by atoms with van der Waals surface area (Å²) in [7, 11) is 0. The molecular formula is C21H25N3O3. The van der Waals surface area contributed by atoms with Crippen LogP contribution in [0.1, 0.15) is 41.5 Å². The highest BCUT2D eigenvalue weighted by Crippen LogP contribution is 2.28. The van der Waals surface area contributed by atoms with Gasteiger partial charge in [-0.1, -0.05) is 30.3 Å². The van der Waals surface area contributed by atoms with Crippen molar-refractivity contribution in [1.82, 2.24) is 15.2 Å². The quantitative estimate of drug-likeness (QED) is 0.845. The highest BCUT2D eigenvalue weighted by molar-refractivity contribution is 6.09. The maximum atomic E-state index is 13.3. The molecule has 2 aromatic rings. The van der Waals surface area contributed by atoms with Gasteiger partial charge in [-0.2, -0.15) is 0 Å². The van der Waals surface area contributed by atoms with Crippen LogP contribution in [-0.2, 0) is 4.74 Å². The summed E-state index contributed by atoms with van der Waals surface area (Å²) in [5, 5.41) is 3.24. The number of ether oxygens (including phenoxy) is 1. The Bertz CT molecular complexity index is 822. The van der Waals surface area contributed by atoms with E-state index in [1.165, 1.54) is 6.20 Å². The summed E-state index contributed by atoms with van der Waals surface area (Å²) in [4.78, 5) is 32.1. The standard InChI is InChI=1S/C21H25N3O3/c1-21(2,3)27-20(26)17-14-23-13-16(15-7-5-4-6-8-15)18(17)19(25)24-11-9-22-10-12-24/h4-8,13-14,22H,9-12H2,1-3H3. The summed E-state index contributed by atoms with van der Waals surface area (Å²) in [6.07, 6.45) is 3.06. The molecule has 1 aliphatic rings. The smallest absolute Gasteiger partial charge is 0.341 e. The van der Waals surface area contributed by atoms with Crippen LogP contribution in [0.5, 0.6) is 0 Å². The zero-order valence-corrected chi connectivity index (χ0v) is 16.0. The Labute approximate surface area is 159 Å². The number of amides is 1. The van der Waals surface area contributed by atoms with E-state index in [4.69, 9.17) is 4.74 Å². The molecule has 27 heavy (non-hydrogen) atoms. The second kappa shape index (κ2) is 7.88. The number of carbonyl (C=O) groups excluding carboxylic acids is 2. The first-order valence-corrected chi connectivity index (χ1v) is 9.13. The number of piperazine rings is 1. The minimum absolute atomic E-state index is 0.168. The molecule has 0 aliphatic carbocycles. The predicted octanol–water partition coefficient (Wildman–Crippen LogP) is 2.75. The van der Waals surface area contributed by atoms with Crippen LogP contribution in [0.4, 0.5) is 0 Å². The van der Waals surface area contributed by atoms with Crippen LogP contribution in [0.25, 0.3) is 11.1 Å². The second-order valence-electron chi connectivity index (χ2n) is 7.52. The molecule has 0 spiro atoms. The van der Waals surface area contributed by atoms with E-state index in [1.54, 1.807) is 31.9 Å². The Hall–Kier alpha value is -2.73. The Morgan fingerprint density at radius 1 is 1.07 bits per heavy atom. The summed E-state index contributed by atoms with van der Waals surface area (Å²) in [6.45, 7) is 8.08. The molecule has 6 heteroatoms. The molecule has 0 atom stereocenters. The Kier molecular flexibility index (Phi) is 5.56. The van der Waals surface area contributed by atoms with Gasteiger partial charge in [0.05, 0.1) is 11.1 Å². The number of pyridine rings is 1. The molecule has 1 fully saturated rings. The fraction of sp³-hybridized carbons (Fsp3) is 0.381. The van der Waals surface area contributed by atoms with Crippen molar-refractivity contribution in [3.05, 3.63) is 53.9 Å². The van der Waals surface area contributed by atoms with Crippen molar-refractivity contribution in [1.29, 1.82) is 0 Å². The topological polar surface area (TPSA) is 71.5 Å². The zero-order valence-electron chi connectivity index (χ0n) is 16.0. The lowest BCUT2D eigenvalue weighted by molar-refractivity contribution is 0.00662. The van der Waals surface area contributed by atoms with Gasteiger partial charge in [0.2, 0.25) is 0 Å². The van der Waals surface area contributed by atoms with Gasteiger partial charge in [-0.3, -0.25) is 9.78 Å². The number of hydrogen-bond donors (Lipinski definition) is 1. The van der Waals surface area contributed by atoms with E-state index in [0.717, 1.165) is 18.7 Å². The normalized spacial score (nSPS) is 14.7. The molecule has 1 saturated heterocycles. The molecule has 1 aromatic carbocycles. The number of carbonyl (C=O) groups is 2. The first-order chi connectivity index (χ1) is 12.9. The third-order valence-corrected chi connectivity index (χ3v) is 4.27. The molecule has 0 saturated carbocycles. The van der Waals surface area contributed by atoms with Crippen molar-refractivity contribution in [3.8, 4) is 11.1 Å². The van der Waals surface area contributed by atoms with Crippen LogP contribution < -0.4 is 5.32 Å².